The van der Waals surface area contributed by atoms with Gasteiger partial charge in [-0.2, -0.15) is 0 Å². The lowest BCUT2D eigenvalue weighted by molar-refractivity contribution is -0.227. The second kappa shape index (κ2) is 9.37. The average Bonchev–Trinajstić information content (AvgIpc) is 3.40. The van der Waals surface area contributed by atoms with Crippen LogP contribution in [0.25, 0.3) is 0 Å². The molecule has 0 radical (unpaired) electrons. The Morgan fingerprint density at radius 3 is 2.69 bits per heavy atom. The van der Waals surface area contributed by atoms with E-state index in [1.807, 2.05) is 0 Å². The van der Waals surface area contributed by atoms with Crippen LogP contribution in [0.2, 0.25) is 0 Å². The van der Waals surface area contributed by atoms with E-state index >= 15 is 0 Å². The summed E-state index contributed by atoms with van der Waals surface area (Å²) in [5.74, 6) is 0.166. The third kappa shape index (κ3) is 3.47. The van der Waals surface area contributed by atoms with Crippen molar-refractivity contribution in [3.63, 3.8) is 0 Å². The van der Waals surface area contributed by atoms with Crippen molar-refractivity contribution in [1.29, 1.82) is 0 Å². The number of morpholine rings is 1. The summed E-state index contributed by atoms with van der Waals surface area (Å²) in [4.78, 5) is 28.8. The van der Waals surface area contributed by atoms with Crippen molar-refractivity contribution in [1.82, 2.24) is 4.90 Å². The molecule has 3 unspecified atom stereocenters. The fraction of sp³-hybridized carbons (Fsp3) is 0.786. The number of rotatable bonds is 8. The van der Waals surface area contributed by atoms with Gasteiger partial charge in [0.15, 0.2) is 6.29 Å². The summed E-state index contributed by atoms with van der Waals surface area (Å²) in [5.41, 5.74) is -1.80. The van der Waals surface area contributed by atoms with E-state index in [-0.39, 0.29) is 34.9 Å². The van der Waals surface area contributed by atoms with Gasteiger partial charge in [-0.25, -0.2) is 0 Å². The minimum absolute atomic E-state index is 0.0191. The van der Waals surface area contributed by atoms with Crippen molar-refractivity contribution in [3.05, 3.63) is 22.2 Å². The number of carbonyl (C=O) groups excluding carboxylic acids is 1. The third-order valence-corrected chi connectivity index (χ3v) is 11.0. The maximum Gasteiger partial charge on any atom is 0.315 e. The maximum absolute atomic E-state index is 13.5. The van der Waals surface area contributed by atoms with E-state index in [0.717, 1.165) is 31.1 Å². The van der Waals surface area contributed by atoms with Gasteiger partial charge in [0.25, 0.3) is 0 Å². The second-order valence-corrected chi connectivity index (χ2v) is 13.4. The first-order valence-corrected chi connectivity index (χ1v) is 14.2. The molecule has 1 heterocycles. The highest BCUT2D eigenvalue weighted by Gasteiger charge is 2.84. The largest absolute Gasteiger partial charge is 0.481 e. The number of carboxylic acids is 1. The Hall–Kier alpha value is -0.920. The van der Waals surface area contributed by atoms with Crippen molar-refractivity contribution in [2.24, 2.45) is 45.8 Å². The Bertz CT molecular complexity index is 979. The minimum Gasteiger partial charge on any atom is -0.481 e. The quantitative estimate of drug-likeness (QED) is 0.333. The van der Waals surface area contributed by atoms with Gasteiger partial charge < -0.3 is 19.4 Å². The molecule has 0 amide bonds. The highest BCUT2D eigenvalue weighted by atomic mass is 35.5. The number of nitrogens with zero attached hydrogens (tertiary/aromatic N) is 1. The number of fused-ring (bicyclic) bond motifs is 2. The Kier molecular flexibility index (Phi) is 6.95. The Balaban J connectivity index is 1.50. The number of carbonyl (C=O) groups is 2. The van der Waals surface area contributed by atoms with Crippen molar-refractivity contribution in [2.45, 2.75) is 65.7 Å². The molecule has 0 aromatic heterocycles. The van der Waals surface area contributed by atoms with E-state index in [9.17, 15) is 14.7 Å². The summed E-state index contributed by atoms with van der Waals surface area (Å²) in [6.07, 6.45) is 7.94. The number of hydrogen-bond donors (Lipinski definition) is 1. The van der Waals surface area contributed by atoms with Crippen molar-refractivity contribution < 1.29 is 24.2 Å². The van der Waals surface area contributed by atoms with Crippen LogP contribution in [0.5, 0.6) is 0 Å². The zero-order chi connectivity index (χ0) is 26.0. The Labute approximate surface area is 224 Å². The highest BCUT2D eigenvalue weighted by molar-refractivity contribution is 6.55. The minimum atomic E-state index is -1.22. The summed E-state index contributed by atoms with van der Waals surface area (Å²) in [6.45, 7) is 10.4. The molecule has 5 rings (SSSR count). The Morgan fingerprint density at radius 2 is 2.06 bits per heavy atom. The standard InChI is InChI=1S/C28H39Cl2NO5/c1-16(2)22-9-19-10-26(14-32)21-6-5-17(3)20(21)11-27(19,28(22,26)25(33)34)15-36-24-12-31(8-7-23(29)30)18(4)13-35-24/h7,9,14,16-21,24H,5-6,8,10-13,15H2,1-4H3,(H,33,34)/t17-,18-,19?,20-,21-,24+,26?,27?,28+/m1/s1. The van der Waals surface area contributed by atoms with E-state index in [1.54, 1.807) is 6.08 Å². The molecule has 6 nitrogen and oxygen atoms in total. The van der Waals surface area contributed by atoms with Crippen LogP contribution in [0, 0.1) is 45.8 Å². The van der Waals surface area contributed by atoms with Crippen LogP contribution in [0.15, 0.2) is 22.2 Å². The summed E-state index contributed by atoms with van der Waals surface area (Å²) in [5, 5.41) is 11.1. The fourth-order valence-corrected chi connectivity index (χ4v) is 9.33. The normalized spacial score (nSPS) is 45.5. The summed E-state index contributed by atoms with van der Waals surface area (Å²) in [6, 6.07) is 0.187. The number of aldehydes is 1. The molecule has 8 heteroatoms. The molecule has 0 spiro atoms. The molecule has 1 N–H and O–H groups in total. The van der Waals surface area contributed by atoms with Crippen LogP contribution in [0.1, 0.15) is 53.4 Å². The molecule has 4 bridgehead atoms. The number of hydrogen-bond acceptors (Lipinski definition) is 5. The van der Waals surface area contributed by atoms with Gasteiger partial charge in [-0.05, 0) is 61.9 Å². The van der Waals surface area contributed by atoms with Crippen LogP contribution in [-0.4, -0.2) is 60.9 Å². The van der Waals surface area contributed by atoms with Crippen molar-refractivity contribution in [2.75, 3.05) is 26.3 Å². The summed E-state index contributed by atoms with van der Waals surface area (Å²) < 4.78 is 12.8. The lowest BCUT2D eigenvalue weighted by atomic mass is 9.43. The molecule has 1 aliphatic heterocycles. The van der Waals surface area contributed by atoms with E-state index in [1.165, 1.54) is 0 Å². The summed E-state index contributed by atoms with van der Waals surface area (Å²) in [7, 11) is 0. The molecule has 0 aromatic rings. The van der Waals surface area contributed by atoms with Crippen LogP contribution >= 0.6 is 23.2 Å². The molecule has 4 aliphatic carbocycles. The molecular formula is C28H39Cl2NO5. The monoisotopic (exact) mass is 539 g/mol. The number of aliphatic carboxylic acids is 1. The molecule has 4 fully saturated rings. The van der Waals surface area contributed by atoms with E-state index < -0.39 is 28.5 Å². The molecule has 3 saturated carbocycles. The molecule has 1 saturated heterocycles. The van der Waals surface area contributed by atoms with E-state index in [2.05, 4.69) is 38.7 Å². The van der Waals surface area contributed by atoms with Gasteiger partial charge in [0.2, 0.25) is 0 Å². The predicted molar refractivity (Wildman–Crippen MR) is 139 cm³/mol. The number of allylic oxidation sites excluding steroid dienone is 1. The molecule has 0 aromatic carbocycles. The topological polar surface area (TPSA) is 76.1 Å². The smallest absolute Gasteiger partial charge is 0.315 e. The van der Waals surface area contributed by atoms with Gasteiger partial charge in [0.05, 0.1) is 25.2 Å². The van der Waals surface area contributed by atoms with Gasteiger partial charge in [0, 0.05) is 18.0 Å². The van der Waals surface area contributed by atoms with Crippen molar-refractivity contribution >= 4 is 35.5 Å². The first-order chi connectivity index (χ1) is 17.0. The van der Waals surface area contributed by atoms with Gasteiger partial charge in [-0.1, -0.05) is 62.0 Å². The van der Waals surface area contributed by atoms with Gasteiger partial charge in [-0.15, -0.1) is 0 Å². The van der Waals surface area contributed by atoms with Crippen LogP contribution in [0.3, 0.4) is 0 Å². The van der Waals surface area contributed by atoms with Gasteiger partial charge in [-0.3, -0.25) is 9.69 Å². The molecule has 36 heavy (non-hydrogen) atoms. The lowest BCUT2D eigenvalue weighted by Crippen LogP contribution is -2.64. The van der Waals surface area contributed by atoms with Crippen LogP contribution in [-0.2, 0) is 19.1 Å². The van der Waals surface area contributed by atoms with Crippen molar-refractivity contribution in [3.8, 4) is 0 Å². The van der Waals surface area contributed by atoms with Crippen LogP contribution in [0.4, 0.5) is 0 Å². The maximum atomic E-state index is 13.5. The predicted octanol–water partition coefficient (Wildman–Crippen LogP) is 5.29. The number of ether oxygens (including phenoxy) is 2. The molecule has 9 atom stereocenters. The van der Waals surface area contributed by atoms with Crippen LogP contribution < -0.4 is 0 Å². The molecule has 200 valence electrons. The molecule has 5 aliphatic rings. The Morgan fingerprint density at radius 1 is 1.31 bits per heavy atom. The summed E-state index contributed by atoms with van der Waals surface area (Å²) >= 11 is 11.7. The zero-order valence-electron chi connectivity index (χ0n) is 21.7. The number of carboxylic acid groups (broad SMARTS) is 1. The zero-order valence-corrected chi connectivity index (χ0v) is 23.2. The highest BCUT2D eigenvalue weighted by Crippen LogP contribution is 2.82. The lowest BCUT2D eigenvalue weighted by Gasteiger charge is -2.58. The van der Waals surface area contributed by atoms with Gasteiger partial charge >= 0.3 is 5.97 Å². The van der Waals surface area contributed by atoms with E-state index in [4.69, 9.17) is 32.7 Å². The first kappa shape index (κ1) is 26.7. The number of halogens is 2. The second-order valence-electron chi connectivity index (χ2n) is 12.4. The van der Waals surface area contributed by atoms with E-state index in [0.29, 0.717) is 38.0 Å². The average molecular weight is 541 g/mol. The molecular weight excluding hydrogens is 501 g/mol. The first-order valence-electron chi connectivity index (χ1n) is 13.4. The third-order valence-electron chi connectivity index (χ3n) is 10.7. The van der Waals surface area contributed by atoms with Gasteiger partial charge in [0.1, 0.15) is 16.2 Å². The fourth-order valence-electron chi connectivity index (χ4n) is 9.19. The SMILES string of the molecule is CC(C)C1=CC2CC3(C=O)[C@@H]4CC[C@@H](C)[C@H]4CC2(CO[C@H]2CN(CC=C(Cl)Cl)[C@H](C)CO2)[C@]13C(=O)O.